The van der Waals surface area contributed by atoms with E-state index in [2.05, 4.69) is 15.0 Å². The van der Waals surface area contributed by atoms with E-state index < -0.39 is 5.82 Å². The standard InChI is InChI=1S/C14H12FN3O/c1-8-6-9-7-16-14(18-13(9)17-8)10-4-3-5-11(19-2)12(10)15/h3-7H,1-2H3,(H,16,17,18). The Hall–Kier alpha value is -2.43. The number of fused-ring (bicyclic) bond motifs is 1. The lowest BCUT2D eigenvalue weighted by Gasteiger charge is -2.06. The van der Waals surface area contributed by atoms with Gasteiger partial charge in [-0.25, -0.2) is 14.4 Å². The van der Waals surface area contributed by atoms with Crippen LogP contribution in [0.15, 0.2) is 30.5 Å². The molecule has 3 rings (SSSR count). The fourth-order valence-electron chi connectivity index (χ4n) is 2.02. The summed E-state index contributed by atoms with van der Waals surface area (Å²) in [6.07, 6.45) is 1.68. The molecule has 96 valence electrons. The minimum absolute atomic E-state index is 0.184. The molecule has 1 aromatic carbocycles. The SMILES string of the molecule is COc1cccc(-c2ncc3cc(C)[nH]c3n2)c1F. The molecule has 2 aromatic heterocycles. The first kappa shape index (κ1) is 11.6. The Labute approximate surface area is 109 Å². The highest BCUT2D eigenvalue weighted by molar-refractivity contribution is 5.77. The lowest BCUT2D eigenvalue weighted by molar-refractivity contribution is 0.387. The van der Waals surface area contributed by atoms with Gasteiger partial charge in [-0.2, -0.15) is 0 Å². The van der Waals surface area contributed by atoms with Crippen molar-refractivity contribution in [3.63, 3.8) is 0 Å². The third-order valence-electron chi connectivity index (χ3n) is 2.93. The van der Waals surface area contributed by atoms with Crippen molar-refractivity contribution in [2.75, 3.05) is 7.11 Å². The molecule has 4 nitrogen and oxygen atoms in total. The van der Waals surface area contributed by atoms with Gasteiger partial charge in [-0.3, -0.25) is 0 Å². The van der Waals surface area contributed by atoms with Gasteiger partial charge in [0.25, 0.3) is 0 Å². The Morgan fingerprint density at radius 2 is 2.16 bits per heavy atom. The first-order valence-electron chi connectivity index (χ1n) is 5.84. The molecule has 0 atom stereocenters. The maximum Gasteiger partial charge on any atom is 0.176 e. The predicted octanol–water partition coefficient (Wildman–Crippen LogP) is 3.08. The summed E-state index contributed by atoms with van der Waals surface area (Å²) in [5, 5.41) is 0.907. The van der Waals surface area contributed by atoms with Gasteiger partial charge in [-0.15, -0.1) is 0 Å². The number of rotatable bonds is 2. The largest absolute Gasteiger partial charge is 0.494 e. The van der Waals surface area contributed by atoms with Gasteiger partial charge < -0.3 is 9.72 Å². The van der Waals surface area contributed by atoms with E-state index in [1.165, 1.54) is 7.11 Å². The van der Waals surface area contributed by atoms with E-state index >= 15 is 0 Å². The van der Waals surface area contributed by atoms with Crippen molar-refractivity contribution in [2.45, 2.75) is 6.92 Å². The van der Waals surface area contributed by atoms with Crippen LogP contribution in [0.25, 0.3) is 22.4 Å². The van der Waals surface area contributed by atoms with E-state index in [-0.39, 0.29) is 5.75 Å². The Bertz CT molecular complexity index is 752. The van der Waals surface area contributed by atoms with Crippen LogP contribution >= 0.6 is 0 Å². The fraction of sp³-hybridized carbons (Fsp3) is 0.143. The van der Waals surface area contributed by atoms with Crippen LogP contribution in [0, 0.1) is 12.7 Å². The minimum atomic E-state index is -0.451. The highest BCUT2D eigenvalue weighted by atomic mass is 19.1. The zero-order valence-corrected chi connectivity index (χ0v) is 10.6. The molecule has 0 aliphatic heterocycles. The van der Waals surface area contributed by atoms with Crippen LogP contribution in [0.5, 0.6) is 5.75 Å². The zero-order valence-electron chi connectivity index (χ0n) is 10.6. The maximum absolute atomic E-state index is 14.1. The number of aromatic amines is 1. The number of benzene rings is 1. The first-order chi connectivity index (χ1) is 9.19. The van der Waals surface area contributed by atoms with Crippen molar-refractivity contribution in [3.8, 4) is 17.1 Å². The lowest BCUT2D eigenvalue weighted by atomic mass is 10.2. The summed E-state index contributed by atoms with van der Waals surface area (Å²) in [4.78, 5) is 11.7. The average molecular weight is 257 g/mol. The quantitative estimate of drug-likeness (QED) is 0.767. The number of aromatic nitrogens is 3. The molecule has 0 unspecified atom stereocenters. The molecule has 0 aliphatic carbocycles. The second kappa shape index (κ2) is 4.35. The molecule has 19 heavy (non-hydrogen) atoms. The van der Waals surface area contributed by atoms with Gasteiger partial charge in [0.05, 0.1) is 12.7 Å². The lowest BCUT2D eigenvalue weighted by Crippen LogP contribution is -1.95. The zero-order chi connectivity index (χ0) is 13.4. The third-order valence-corrected chi connectivity index (χ3v) is 2.93. The predicted molar refractivity (Wildman–Crippen MR) is 70.6 cm³/mol. The molecule has 0 fully saturated rings. The van der Waals surface area contributed by atoms with Gasteiger partial charge in [0.2, 0.25) is 0 Å². The van der Waals surface area contributed by atoms with Gasteiger partial charge in [0, 0.05) is 17.3 Å². The Morgan fingerprint density at radius 3 is 2.95 bits per heavy atom. The number of nitrogens with one attached hydrogen (secondary N) is 1. The van der Waals surface area contributed by atoms with Crippen LogP contribution in [0.1, 0.15) is 5.69 Å². The Kier molecular flexibility index (Phi) is 2.67. The number of methoxy groups -OCH3 is 1. The number of hydrogen-bond donors (Lipinski definition) is 1. The number of ether oxygens (including phenoxy) is 1. The van der Waals surface area contributed by atoms with Crippen LogP contribution in [0.4, 0.5) is 4.39 Å². The number of nitrogens with zero attached hydrogens (tertiary/aromatic N) is 2. The van der Waals surface area contributed by atoms with E-state index in [1.807, 2.05) is 13.0 Å². The number of hydrogen-bond acceptors (Lipinski definition) is 3. The smallest absolute Gasteiger partial charge is 0.176 e. The highest BCUT2D eigenvalue weighted by Gasteiger charge is 2.13. The summed E-state index contributed by atoms with van der Waals surface area (Å²) >= 11 is 0. The molecule has 5 heteroatoms. The van der Waals surface area contributed by atoms with Crippen LogP contribution in [0.2, 0.25) is 0 Å². The van der Waals surface area contributed by atoms with Gasteiger partial charge in [0.1, 0.15) is 5.65 Å². The molecular formula is C14H12FN3O. The van der Waals surface area contributed by atoms with Gasteiger partial charge in [-0.1, -0.05) is 6.07 Å². The van der Waals surface area contributed by atoms with Crippen molar-refractivity contribution in [2.24, 2.45) is 0 Å². The average Bonchev–Trinajstić information content (AvgIpc) is 2.78. The van der Waals surface area contributed by atoms with Crippen LogP contribution in [-0.2, 0) is 0 Å². The van der Waals surface area contributed by atoms with Crippen molar-refractivity contribution >= 4 is 11.0 Å². The topological polar surface area (TPSA) is 50.8 Å². The van der Waals surface area contributed by atoms with Gasteiger partial charge >= 0.3 is 0 Å². The number of H-pyrrole nitrogens is 1. The molecule has 1 N–H and O–H groups in total. The molecule has 0 radical (unpaired) electrons. The first-order valence-corrected chi connectivity index (χ1v) is 5.84. The normalized spacial score (nSPS) is 10.9. The summed E-state index contributed by atoms with van der Waals surface area (Å²) in [5.74, 6) is 0.0715. The second-order valence-corrected chi connectivity index (χ2v) is 4.27. The molecule has 2 heterocycles. The molecule has 0 spiro atoms. The van der Waals surface area contributed by atoms with Crippen molar-refractivity contribution in [1.82, 2.24) is 15.0 Å². The molecule has 0 aliphatic rings. The van der Waals surface area contributed by atoms with E-state index in [0.29, 0.717) is 17.0 Å². The van der Waals surface area contributed by atoms with Crippen molar-refractivity contribution < 1.29 is 9.13 Å². The number of aryl methyl sites for hydroxylation is 1. The van der Waals surface area contributed by atoms with Crippen LogP contribution in [0.3, 0.4) is 0 Å². The maximum atomic E-state index is 14.1. The van der Waals surface area contributed by atoms with E-state index in [9.17, 15) is 4.39 Å². The summed E-state index contributed by atoms with van der Waals surface area (Å²) in [6.45, 7) is 1.94. The monoisotopic (exact) mass is 257 g/mol. The van der Waals surface area contributed by atoms with E-state index in [0.717, 1.165) is 11.1 Å². The van der Waals surface area contributed by atoms with Crippen LogP contribution in [-0.4, -0.2) is 22.1 Å². The highest BCUT2D eigenvalue weighted by Crippen LogP contribution is 2.27. The summed E-state index contributed by atoms with van der Waals surface area (Å²) in [5.41, 5.74) is 2.02. The third kappa shape index (κ3) is 1.93. The minimum Gasteiger partial charge on any atom is -0.494 e. The van der Waals surface area contributed by atoms with Crippen molar-refractivity contribution in [1.29, 1.82) is 0 Å². The van der Waals surface area contributed by atoms with Crippen LogP contribution < -0.4 is 4.74 Å². The Morgan fingerprint density at radius 1 is 1.32 bits per heavy atom. The number of halogens is 1. The summed E-state index contributed by atoms with van der Waals surface area (Å²) in [7, 11) is 1.43. The Balaban J connectivity index is 2.18. The molecule has 3 aromatic rings. The van der Waals surface area contributed by atoms with Gasteiger partial charge in [-0.05, 0) is 25.1 Å². The fourth-order valence-corrected chi connectivity index (χ4v) is 2.02. The summed E-state index contributed by atoms with van der Waals surface area (Å²) in [6, 6.07) is 6.86. The molecule has 0 saturated heterocycles. The second-order valence-electron chi connectivity index (χ2n) is 4.27. The van der Waals surface area contributed by atoms with Crippen molar-refractivity contribution in [3.05, 3.63) is 42.0 Å². The molecule has 0 saturated carbocycles. The summed E-state index contributed by atoms with van der Waals surface area (Å²) < 4.78 is 19.1. The van der Waals surface area contributed by atoms with Gasteiger partial charge in [0.15, 0.2) is 17.4 Å². The molecule has 0 amide bonds. The molecular weight excluding hydrogens is 245 g/mol. The molecule has 0 bridgehead atoms. The van der Waals surface area contributed by atoms with E-state index in [1.54, 1.807) is 24.4 Å². The van der Waals surface area contributed by atoms with E-state index in [4.69, 9.17) is 4.74 Å².